The second-order valence-corrected chi connectivity index (χ2v) is 7.90. The molecule has 0 saturated carbocycles. The average molecular weight is 390 g/mol. The molecule has 150 valence electrons. The van der Waals surface area contributed by atoms with Gasteiger partial charge in [0.1, 0.15) is 0 Å². The monoisotopic (exact) mass is 390 g/mol. The third-order valence-electron chi connectivity index (χ3n) is 5.90. The van der Waals surface area contributed by atoms with Gasteiger partial charge < -0.3 is 4.90 Å². The van der Waals surface area contributed by atoms with Gasteiger partial charge in [-0.1, -0.05) is 13.8 Å². The number of likely N-dealkylation sites (tertiary alicyclic amines) is 1. The van der Waals surface area contributed by atoms with Gasteiger partial charge >= 0.3 is 0 Å². The highest BCUT2D eigenvalue weighted by atomic mass is 15.4. The van der Waals surface area contributed by atoms with E-state index in [-0.39, 0.29) is 0 Å². The van der Waals surface area contributed by atoms with Gasteiger partial charge in [-0.05, 0) is 26.0 Å². The Labute approximate surface area is 169 Å². The molecule has 0 aliphatic carbocycles. The number of hydrogen-bond acceptors (Lipinski definition) is 5. The van der Waals surface area contributed by atoms with Crippen molar-refractivity contribution in [2.45, 2.75) is 38.8 Å². The fourth-order valence-electron chi connectivity index (χ4n) is 4.10. The Hall–Kier alpha value is -3.00. The van der Waals surface area contributed by atoms with Crippen LogP contribution in [-0.4, -0.2) is 59.2 Å². The molecular formula is C21H26N8. The summed E-state index contributed by atoms with van der Waals surface area (Å²) in [5.74, 6) is 0. The molecule has 1 fully saturated rings. The first-order chi connectivity index (χ1) is 14.2. The lowest BCUT2D eigenvalue weighted by Crippen LogP contribution is -2.45. The summed E-state index contributed by atoms with van der Waals surface area (Å²) in [6.45, 7) is 6.46. The third-order valence-corrected chi connectivity index (χ3v) is 5.90. The number of rotatable bonds is 6. The van der Waals surface area contributed by atoms with Crippen molar-refractivity contribution in [2.24, 2.45) is 0 Å². The molecule has 29 heavy (non-hydrogen) atoms. The Balaban J connectivity index is 1.54. The van der Waals surface area contributed by atoms with Gasteiger partial charge in [0.15, 0.2) is 0 Å². The lowest BCUT2D eigenvalue weighted by molar-refractivity contribution is 0.130. The number of aromatic nitrogens is 7. The Morgan fingerprint density at radius 2 is 1.79 bits per heavy atom. The van der Waals surface area contributed by atoms with Gasteiger partial charge in [-0.25, -0.2) is 9.50 Å². The normalized spacial score (nSPS) is 15.4. The molecule has 8 nitrogen and oxygen atoms in total. The highest BCUT2D eigenvalue weighted by molar-refractivity contribution is 5.78. The molecule has 4 aromatic rings. The molecule has 5 rings (SSSR count). The van der Waals surface area contributed by atoms with Crippen LogP contribution in [-0.2, 0) is 0 Å². The van der Waals surface area contributed by atoms with Gasteiger partial charge in [-0.2, -0.15) is 15.3 Å². The van der Waals surface area contributed by atoms with Gasteiger partial charge in [0.05, 0.1) is 53.8 Å². The molecule has 5 heterocycles. The number of fused-ring (bicyclic) bond motifs is 1. The highest BCUT2D eigenvalue weighted by Gasteiger charge is 2.25. The van der Waals surface area contributed by atoms with Crippen molar-refractivity contribution in [3.8, 4) is 22.5 Å². The van der Waals surface area contributed by atoms with Crippen LogP contribution >= 0.6 is 0 Å². The predicted octanol–water partition coefficient (Wildman–Crippen LogP) is 3.30. The highest BCUT2D eigenvalue weighted by Crippen LogP contribution is 2.28. The van der Waals surface area contributed by atoms with E-state index < -0.39 is 0 Å². The Morgan fingerprint density at radius 1 is 1.00 bits per heavy atom. The van der Waals surface area contributed by atoms with Crippen molar-refractivity contribution in [3.63, 3.8) is 0 Å². The van der Waals surface area contributed by atoms with E-state index >= 15 is 0 Å². The maximum absolute atomic E-state index is 4.99. The van der Waals surface area contributed by atoms with Crippen molar-refractivity contribution < 1.29 is 0 Å². The number of nitrogens with zero attached hydrogens (tertiary/aromatic N) is 8. The average Bonchev–Trinajstić information content (AvgIpc) is 3.45. The van der Waals surface area contributed by atoms with Crippen LogP contribution in [0.3, 0.4) is 0 Å². The second kappa shape index (κ2) is 7.11. The quantitative estimate of drug-likeness (QED) is 0.505. The van der Waals surface area contributed by atoms with Crippen LogP contribution < -0.4 is 0 Å². The van der Waals surface area contributed by atoms with E-state index in [1.165, 1.54) is 0 Å². The summed E-state index contributed by atoms with van der Waals surface area (Å²) in [5, 5.41) is 13.6. The Bertz CT molecular complexity index is 1130. The van der Waals surface area contributed by atoms with Crippen molar-refractivity contribution >= 4 is 5.52 Å². The zero-order chi connectivity index (χ0) is 20.0. The minimum Gasteiger partial charge on any atom is -0.302 e. The fourth-order valence-corrected chi connectivity index (χ4v) is 4.10. The molecule has 4 aromatic heterocycles. The standard InChI is InChI=1S/C21H26N8/c1-4-17(5-2)27-11-16(9-24-27)21-20-6-7-22-29(20)14-19(25-21)15-8-23-28(10-15)18-12-26(3)13-18/h6-11,14,17-18H,4-5,12-13H2,1-3H3. The summed E-state index contributed by atoms with van der Waals surface area (Å²) in [6, 6.07) is 2.85. The lowest BCUT2D eigenvalue weighted by Gasteiger charge is -2.36. The van der Waals surface area contributed by atoms with E-state index in [0.29, 0.717) is 12.1 Å². The summed E-state index contributed by atoms with van der Waals surface area (Å²) in [4.78, 5) is 7.28. The van der Waals surface area contributed by atoms with Gasteiger partial charge in [-0.15, -0.1) is 0 Å². The van der Waals surface area contributed by atoms with Gasteiger partial charge in [0.25, 0.3) is 0 Å². The van der Waals surface area contributed by atoms with Crippen molar-refractivity contribution in [1.82, 2.24) is 39.1 Å². The molecule has 1 saturated heterocycles. The maximum Gasteiger partial charge on any atom is 0.0999 e. The molecular weight excluding hydrogens is 364 g/mol. The second-order valence-electron chi connectivity index (χ2n) is 7.90. The zero-order valence-electron chi connectivity index (χ0n) is 17.1. The zero-order valence-corrected chi connectivity index (χ0v) is 17.1. The van der Waals surface area contributed by atoms with Crippen molar-refractivity contribution in [3.05, 3.63) is 43.2 Å². The van der Waals surface area contributed by atoms with E-state index in [2.05, 4.69) is 62.8 Å². The van der Waals surface area contributed by atoms with E-state index in [0.717, 1.165) is 54.0 Å². The van der Waals surface area contributed by atoms with Crippen LogP contribution in [0.4, 0.5) is 0 Å². The lowest BCUT2D eigenvalue weighted by atomic mass is 10.1. The molecule has 0 atom stereocenters. The minimum atomic E-state index is 0.409. The molecule has 0 N–H and O–H groups in total. The van der Waals surface area contributed by atoms with E-state index in [1.54, 1.807) is 0 Å². The number of likely N-dealkylation sites (N-methyl/N-ethyl adjacent to an activating group) is 1. The van der Waals surface area contributed by atoms with Crippen LogP contribution in [0.25, 0.3) is 28.0 Å². The van der Waals surface area contributed by atoms with E-state index in [9.17, 15) is 0 Å². The van der Waals surface area contributed by atoms with Gasteiger partial charge in [0, 0.05) is 36.6 Å². The van der Waals surface area contributed by atoms with Crippen LogP contribution in [0.2, 0.25) is 0 Å². The fraction of sp³-hybridized carbons (Fsp3) is 0.429. The molecule has 0 unspecified atom stereocenters. The summed E-state index contributed by atoms with van der Waals surface area (Å²) >= 11 is 0. The third kappa shape index (κ3) is 3.13. The molecule has 1 aliphatic heterocycles. The Kier molecular flexibility index (Phi) is 4.43. The summed E-state index contributed by atoms with van der Waals surface area (Å²) in [6.07, 6.45) is 13.9. The number of hydrogen-bond donors (Lipinski definition) is 0. The van der Waals surface area contributed by atoms with Gasteiger partial charge in [-0.3, -0.25) is 9.36 Å². The first-order valence-corrected chi connectivity index (χ1v) is 10.3. The maximum atomic E-state index is 4.99. The smallest absolute Gasteiger partial charge is 0.0999 e. The predicted molar refractivity (Wildman–Crippen MR) is 112 cm³/mol. The largest absolute Gasteiger partial charge is 0.302 e. The summed E-state index contributed by atoms with van der Waals surface area (Å²) in [5.41, 5.74) is 4.76. The van der Waals surface area contributed by atoms with Crippen molar-refractivity contribution in [1.29, 1.82) is 0 Å². The van der Waals surface area contributed by atoms with Crippen LogP contribution in [0, 0.1) is 0 Å². The molecule has 0 spiro atoms. The van der Waals surface area contributed by atoms with E-state index in [1.807, 2.05) is 35.4 Å². The van der Waals surface area contributed by atoms with E-state index in [4.69, 9.17) is 4.98 Å². The molecule has 0 bridgehead atoms. The van der Waals surface area contributed by atoms with Crippen molar-refractivity contribution in [2.75, 3.05) is 20.1 Å². The SMILES string of the molecule is CCC(CC)n1cc(-c2nc(-c3cnn(C4CN(C)C4)c3)cn3nccc23)cn1. The summed E-state index contributed by atoms with van der Waals surface area (Å²) < 4.78 is 6.00. The van der Waals surface area contributed by atoms with Crippen LogP contribution in [0.5, 0.6) is 0 Å². The van der Waals surface area contributed by atoms with Gasteiger partial charge in [0.2, 0.25) is 0 Å². The topological polar surface area (TPSA) is 69.1 Å². The minimum absolute atomic E-state index is 0.409. The van der Waals surface area contributed by atoms with Crippen LogP contribution in [0.15, 0.2) is 43.2 Å². The molecule has 0 amide bonds. The first-order valence-electron chi connectivity index (χ1n) is 10.3. The molecule has 0 radical (unpaired) electrons. The van der Waals surface area contributed by atoms with Crippen LogP contribution in [0.1, 0.15) is 38.8 Å². The Morgan fingerprint density at radius 3 is 2.55 bits per heavy atom. The first kappa shape index (κ1) is 18.1. The molecule has 0 aromatic carbocycles. The molecule has 8 heteroatoms. The molecule has 1 aliphatic rings. The summed E-state index contributed by atoms with van der Waals surface area (Å²) in [7, 11) is 2.13.